The number of benzene rings is 2. The van der Waals surface area contributed by atoms with Crippen LogP contribution in [0.25, 0.3) is 0 Å². The van der Waals surface area contributed by atoms with Gasteiger partial charge in [0, 0.05) is 22.7 Å². The summed E-state index contributed by atoms with van der Waals surface area (Å²) < 4.78 is 16.4. The number of amides is 1. The Labute approximate surface area is 193 Å². The third-order valence-corrected chi connectivity index (χ3v) is 5.87. The number of hydrogen-bond donors (Lipinski definition) is 0. The van der Waals surface area contributed by atoms with Crippen LogP contribution in [-0.4, -0.2) is 36.6 Å². The smallest absolute Gasteiger partial charge is 0.345 e. The highest BCUT2D eigenvalue weighted by Gasteiger charge is 2.26. The molecule has 4 rings (SSSR count). The zero-order valence-corrected chi connectivity index (χ0v) is 18.5. The summed E-state index contributed by atoms with van der Waals surface area (Å²) in [6, 6.07) is 13.2. The number of carbonyl (C=O) groups is 2. The minimum atomic E-state index is -0.925. The van der Waals surface area contributed by atoms with Gasteiger partial charge in [0.1, 0.15) is 18.8 Å². The lowest BCUT2D eigenvalue weighted by Crippen LogP contribution is -2.34. The minimum absolute atomic E-state index is 0.167. The Bertz CT molecular complexity index is 1190. The van der Waals surface area contributed by atoms with Gasteiger partial charge in [-0.1, -0.05) is 18.2 Å². The second-order valence-corrected chi connectivity index (χ2v) is 8.22. The molecule has 0 fully saturated rings. The molecule has 0 unspecified atom stereocenters. The number of nitrogens with zero attached hydrogens (tertiary/aromatic N) is 2. The molecule has 2 aromatic carbocycles. The second kappa shape index (κ2) is 9.70. The Morgan fingerprint density at radius 1 is 1.12 bits per heavy atom. The summed E-state index contributed by atoms with van der Waals surface area (Å²) in [6.45, 7) is 2.11. The molecule has 0 aliphatic carbocycles. The molecule has 33 heavy (non-hydrogen) atoms. The van der Waals surface area contributed by atoms with Gasteiger partial charge in [0.25, 0.3) is 11.6 Å². The normalized spacial score (nSPS) is 12.2. The van der Waals surface area contributed by atoms with Gasteiger partial charge in [0.2, 0.25) is 0 Å². The van der Waals surface area contributed by atoms with Gasteiger partial charge >= 0.3 is 5.97 Å². The SMILES string of the molecule is Cc1cccc([N+](=O)[O-])c1C(=O)OCC(=O)N(Cc1cccs1)c1ccc2c(c1)OCCO2. The van der Waals surface area contributed by atoms with Gasteiger partial charge in [-0.2, -0.15) is 0 Å². The fraction of sp³-hybridized carbons (Fsp3) is 0.217. The first-order valence-corrected chi connectivity index (χ1v) is 11.0. The minimum Gasteiger partial charge on any atom is -0.486 e. The average molecular weight is 468 g/mol. The zero-order chi connectivity index (χ0) is 23.4. The van der Waals surface area contributed by atoms with Crippen LogP contribution in [0.1, 0.15) is 20.8 Å². The lowest BCUT2D eigenvalue weighted by molar-refractivity contribution is -0.385. The molecule has 0 saturated heterocycles. The molecular weight excluding hydrogens is 448 g/mol. The molecule has 0 saturated carbocycles. The number of aryl methyl sites for hydroxylation is 1. The summed E-state index contributed by atoms with van der Waals surface area (Å²) in [5.74, 6) is -0.293. The highest BCUT2D eigenvalue weighted by Crippen LogP contribution is 2.35. The second-order valence-electron chi connectivity index (χ2n) is 7.19. The van der Waals surface area contributed by atoms with Gasteiger partial charge in [-0.3, -0.25) is 14.9 Å². The molecule has 10 heteroatoms. The summed E-state index contributed by atoms with van der Waals surface area (Å²) in [7, 11) is 0. The van der Waals surface area contributed by atoms with E-state index < -0.39 is 23.4 Å². The topological polar surface area (TPSA) is 108 Å². The number of ether oxygens (including phenoxy) is 3. The van der Waals surface area contributed by atoms with Crippen LogP contribution in [0, 0.1) is 17.0 Å². The number of fused-ring (bicyclic) bond motifs is 1. The Hall–Kier alpha value is -3.92. The number of nitro benzene ring substituents is 1. The third-order valence-electron chi connectivity index (χ3n) is 5.01. The highest BCUT2D eigenvalue weighted by molar-refractivity contribution is 7.09. The molecule has 0 spiro atoms. The summed E-state index contributed by atoms with van der Waals surface area (Å²) in [5.41, 5.74) is 0.411. The average Bonchev–Trinajstić information content (AvgIpc) is 3.33. The van der Waals surface area contributed by atoms with Gasteiger partial charge in [-0.25, -0.2) is 4.79 Å². The Morgan fingerprint density at radius 3 is 2.64 bits per heavy atom. The van der Waals surface area contributed by atoms with Gasteiger partial charge in [0.05, 0.1) is 11.5 Å². The maximum absolute atomic E-state index is 13.1. The predicted octanol–water partition coefficient (Wildman–Crippen LogP) is 4.13. The fourth-order valence-corrected chi connectivity index (χ4v) is 4.12. The van der Waals surface area contributed by atoms with E-state index in [1.54, 1.807) is 31.2 Å². The van der Waals surface area contributed by atoms with E-state index in [-0.39, 0.29) is 17.8 Å². The first-order chi connectivity index (χ1) is 15.9. The van der Waals surface area contributed by atoms with E-state index >= 15 is 0 Å². The number of anilines is 1. The largest absolute Gasteiger partial charge is 0.486 e. The van der Waals surface area contributed by atoms with E-state index in [2.05, 4.69) is 0 Å². The summed E-state index contributed by atoms with van der Waals surface area (Å²) >= 11 is 1.49. The van der Waals surface area contributed by atoms with Crippen molar-refractivity contribution in [2.24, 2.45) is 0 Å². The van der Waals surface area contributed by atoms with Crippen LogP contribution in [0.3, 0.4) is 0 Å². The number of carbonyl (C=O) groups excluding carboxylic acids is 2. The summed E-state index contributed by atoms with van der Waals surface area (Å²) in [4.78, 5) is 38.8. The van der Waals surface area contributed by atoms with Crippen LogP contribution < -0.4 is 14.4 Å². The molecule has 1 aliphatic rings. The molecule has 1 aromatic heterocycles. The van der Waals surface area contributed by atoms with Gasteiger partial charge in [-0.05, 0) is 36.1 Å². The maximum Gasteiger partial charge on any atom is 0.345 e. The van der Waals surface area contributed by atoms with E-state index in [0.29, 0.717) is 36.0 Å². The molecule has 1 aliphatic heterocycles. The maximum atomic E-state index is 13.1. The van der Waals surface area contributed by atoms with Crippen molar-refractivity contribution in [3.8, 4) is 11.5 Å². The van der Waals surface area contributed by atoms with Gasteiger partial charge in [0.15, 0.2) is 18.1 Å². The molecule has 1 amide bonds. The van der Waals surface area contributed by atoms with E-state index in [4.69, 9.17) is 14.2 Å². The quantitative estimate of drug-likeness (QED) is 0.291. The van der Waals surface area contributed by atoms with Crippen LogP contribution in [-0.2, 0) is 16.1 Å². The predicted molar refractivity (Wildman–Crippen MR) is 121 cm³/mol. The zero-order valence-electron chi connectivity index (χ0n) is 17.7. The van der Waals surface area contributed by atoms with E-state index in [9.17, 15) is 19.7 Å². The molecule has 9 nitrogen and oxygen atoms in total. The molecule has 170 valence electrons. The van der Waals surface area contributed by atoms with Crippen molar-refractivity contribution < 1.29 is 28.7 Å². The molecule has 2 heterocycles. The van der Waals surface area contributed by atoms with Gasteiger partial charge in [-0.15, -0.1) is 11.3 Å². The van der Waals surface area contributed by atoms with E-state index in [0.717, 1.165) is 4.88 Å². The third kappa shape index (κ3) is 4.96. The highest BCUT2D eigenvalue weighted by atomic mass is 32.1. The lowest BCUT2D eigenvalue weighted by atomic mass is 10.1. The number of esters is 1. The summed E-state index contributed by atoms with van der Waals surface area (Å²) in [6.07, 6.45) is 0. The molecule has 0 atom stereocenters. The van der Waals surface area contributed by atoms with Crippen molar-refractivity contribution in [2.45, 2.75) is 13.5 Å². The number of nitro groups is 1. The van der Waals surface area contributed by atoms with Crippen molar-refractivity contribution in [3.63, 3.8) is 0 Å². The molecular formula is C23H20N2O7S. The number of hydrogen-bond acceptors (Lipinski definition) is 8. The van der Waals surface area contributed by atoms with Crippen LogP contribution in [0.5, 0.6) is 11.5 Å². The van der Waals surface area contributed by atoms with Crippen molar-refractivity contribution >= 4 is 34.6 Å². The Morgan fingerprint density at radius 2 is 1.91 bits per heavy atom. The van der Waals surface area contributed by atoms with E-state index in [1.807, 2.05) is 17.5 Å². The van der Waals surface area contributed by atoms with Crippen LogP contribution in [0.15, 0.2) is 53.9 Å². The van der Waals surface area contributed by atoms with Crippen LogP contribution in [0.4, 0.5) is 11.4 Å². The van der Waals surface area contributed by atoms with Crippen molar-refractivity contribution in [1.82, 2.24) is 0 Å². The molecule has 0 N–H and O–H groups in total. The Kier molecular flexibility index (Phi) is 6.55. The lowest BCUT2D eigenvalue weighted by Gasteiger charge is -2.25. The van der Waals surface area contributed by atoms with Crippen LogP contribution >= 0.6 is 11.3 Å². The first-order valence-electron chi connectivity index (χ1n) is 10.1. The number of rotatable bonds is 7. The number of thiophene rings is 1. The Balaban J connectivity index is 1.55. The van der Waals surface area contributed by atoms with Crippen molar-refractivity contribution in [2.75, 3.05) is 24.7 Å². The standard InChI is InChI=1S/C23H20N2O7S/c1-15-4-2-6-18(25(28)29)22(15)23(27)32-14-21(26)24(13-17-5-3-11-33-17)16-7-8-19-20(12-16)31-10-9-30-19/h2-8,11-12H,9-10,13-14H2,1H3. The fourth-order valence-electron chi connectivity index (χ4n) is 3.43. The van der Waals surface area contributed by atoms with Crippen molar-refractivity contribution in [3.05, 3.63) is 80.0 Å². The van der Waals surface area contributed by atoms with Crippen molar-refractivity contribution in [1.29, 1.82) is 0 Å². The van der Waals surface area contributed by atoms with E-state index in [1.165, 1.54) is 28.4 Å². The summed E-state index contributed by atoms with van der Waals surface area (Å²) in [5, 5.41) is 13.2. The first kappa shape index (κ1) is 22.3. The monoisotopic (exact) mass is 468 g/mol. The molecule has 0 bridgehead atoms. The van der Waals surface area contributed by atoms with Crippen LogP contribution in [0.2, 0.25) is 0 Å². The molecule has 0 radical (unpaired) electrons. The van der Waals surface area contributed by atoms with Gasteiger partial charge < -0.3 is 19.1 Å². The molecule has 3 aromatic rings.